The van der Waals surface area contributed by atoms with Gasteiger partial charge in [-0.05, 0) is 62.7 Å². The Hall–Kier alpha value is -3.16. The number of alkyl halides is 3. The molecule has 0 spiro atoms. The Kier molecular flexibility index (Phi) is 8.00. The van der Waals surface area contributed by atoms with Gasteiger partial charge in [-0.1, -0.05) is 79.0 Å². The minimum Gasteiger partial charge on any atom is -0.343 e. The van der Waals surface area contributed by atoms with Crippen LogP contribution in [0.5, 0.6) is 0 Å². The van der Waals surface area contributed by atoms with Gasteiger partial charge in [-0.3, -0.25) is 9.59 Å². The second-order valence-electron chi connectivity index (χ2n) is 10.0. The molecule has 0 radical (unpaired) electrons. The van der Waals surface area contributed by atoms with Crippen LogP contribution in [-0.2, 0) is 6.18 Å². The molecule has 3 aromatic rings. The monoisotopic (exact) mass is 542 g/mol. The van der Waals surface area contributed by atoms with Crippen LogP contribution in [-0.4, -0.2) is 36.2 Å². The largest absolute Gasteiger partial charge is 0.417 e. The van der Waals surface area contributed by atoms with E-state index in [9.17, 15) is 22.8 Å². The van der Waals surface area contributed by atoms with Crippen molar-refractivity contribution in [2.24, 2.45) is 0 Å². The van der Waals surface area contributed by atoms with Gasteiger partial charge in [0.25, 0.3) is 5.91 Å². The molecule has 0 saturated heterocycles. The number of carbonyl (C=O) groups is 2. The summed E-state index contributed by atoms with van der Waals surface area (Å²) in [4.78, 5) is 27.7. The molecular weight excluding hydrogens is 513 g/mol. The number of benzene rings is 3. The number of rotatable bonds is 7. The molecule has 1 saturated carbocycles. The maximum absolute atomic E-state index is 13.4. The lowest BCUT2D eigenvalue weighted by Gasteiger charge is -2.44. The molecular formula is C30H30ClF3N2O2. The van der Waals surface area contributed by atoms with E-state index in [-0.39, 0.29) is 11.3 Å². The van der Waals surface area contributed by atoms with Crippen LogP contribution < -0.4 is 5.32 Å². The van der Waals surface area contributed by atoms with E-state index in [1.807, 2.05) is 56.6 Å². The number of halogens is 4. The third kappa shape index (κ3) is 5.36. The fourth-order valence-corrected chi connectivity index (χ4v) is 5.86. The molecule has 1 N–H and O–H groups in total. The summed E-state index contributed by atoms with van der Waals surface area (Å²) in [5, 5.41) is 2.42. The molecule has 1 atom stereocenters. The lowest BCUT2D eigenvalue weighted by molar-refractivity contribution is -0.137. The number of likely N-dealkylation sites (N-methyl/N-ethyl adjacent to an activating group) is 1. The number of hydrogen-bond donors (Lipinski definition) is 1. The Bertz CT molecular complexity index is 1330. The molecule has 1 aliphatic rings. The zero-order chi connectivity index (χ0) is 27.7. The van der Waals surface area contributed by atoms with Gasteiger partial charge in [0.2, 0.25) is 0 Å². The lowest BCUT2D eigenvalue weighted by Crippen LogP contribution is -2.53. The van der Waals surface area contributed by atoms with Crippen molar-refractivity contribution >= 4 is 23.3 Å². The first kappa shape index (κ1) is 27.9. The zero-order valence-electron chi connectivity index (χ0n) is 21.5. The van der Waals surface area contributed by atoms with E-state index in [1.54, 1.807) is 6.07 Å². The summed E-state index contributed by atoms with van der Waals surface area (Å²) < 4.78 is 40.3. The van der Waals surface area contributed by atoms with Crippen LogP contribution in [0.1, 0.15) is 70.5 Å². The van der Waals surface area contributed by atoms with Crippen LogP contribution in [0.25, 0.3) is 11.1 Å². The van der Waals surface area contributed by atoms with Crippen molar-refractivity contribution in [3.8, 4) is 11.1 Å². The lowest BCUT2D eigenvalue weighted by atomic mass is 9.81. The first-order valence-electron chi connectivity index (χ1n) is 12.5. The Labute approximate surface area is 225 Å². The van der Waals surface area contributed by atoms with Crippen molar-refractivity contribution in [2.75, 3.05) is 14.1 Å². The molecule has 4 nitrogen and oxygen atoms in total. The zero-order valence-corrected chi connectivity index (χ0v) is 22.3. The Morgan fingerprint density at radius 3 is 2.11 bits per heavy atom. The molecule has 0 aliphatic heterocycles. The van der Waals surface area contributed by atoms with Gasteiger partial charge in [-0.15, -0.1) is 0 Å². The normalized spacial score (nSPS) is 15.9. The summed E-state index contributed by atoms with van der Waals surface area (Å²) in [6, 6.07) is 17.9. The smallest absolute Gasteiger partial charge is 0.343 e. The predicted octanol–water partition coefficient (Wildman–Crippen LogP) is 7.57. The first-order chi connectivity index (χ1) is 18.0. The van der Waals surface area contributed by atoms with Crippen LogP contribution in [0.2, 0.25) is 5.02 Å². The van der Waals surface area contributed by atoms with E-state index in [0.29, 0.717) is 5.56 Å². The number of amides is 1. The summed E-state index contributed by atoms with van der Waals surface area (Å²) in [5.74, 6) is -0.699. The van der Waals surface area contributed by atoms with Crippen LogP contribution in [0.4, 0.5) is 13.2 Å². The average Bonchev–Trinajstić information content (AvgIpc) is 3.38. The van der Waals surface area contributed by atoms with Crippen LogP contribution in [0, 0.1) is 0 Å². The third-order valence-electron chi connectivity index (χ3n) is 7.58. The molecule has 0 aromatic heterocycles. The highest BCUT2D eigenvalue weighted by molar-refractivity contribution is 6.34. The minimum absolute atomic E-state index is 0.0368. The molecule has 0 unspecified atom stereocenters. The van der Waals surface area contributed by atoms with Crippen LogP contribution >= 0.6 is 11.6 Å². The number of Topliss-reactive ketones (excluding diaryl/α,β-unsaturated/α-hetero) is 1. The summed E-state index contributed by atoms with van der Waals surface area (Å²) in [7, 11) is 3.92. The average molecular weight is 543 g/mol. The second kappa shape index (κ2) is 10.9. The summed E-state index contributed by atoms with van der Waals surface area (Å²) in [6.45, 7) is 1.53. The number of carbonyl (C=O) groups excluding carboxylic acids is 2. The number of nitrogens with zero attached hydrogens (tertiary/aromatic N) is 1. The molecule has 3 aromatic carbocycles. The summed E-state index contributed by atoms with van der Waals surface area (Å²) in [5.41, 5.74) is 1.42. The highest BCUT2D eigenvalue weighted by Gasteiger charge is 2.45. The maximum atomic E-state index is 13.4. The second-order valence-corrected chi connectivity index (χ2v) is 10.4. The van der Waals surface area contributed by atoms with Gasteiger partial charge in [0.1, 0.15) is 0 Å². The molecule has 0 bridgehead atoms. The number of hydrogen-bond acceptors (Lipinski definition) is 3. The van der Waals surface area contributed by atoms with Crippen molar-refractivity contribution in [1.29, 1.82) is 0 Å². The molecule has 1 fully saturated rings. The van der Waals surface area contributed by atoms with E-state index >= 15 is 0 Å². The standard InChI is InChI=1S/C30H30ClF3N2O2/c1-19(37)22-9-4-5-10-23(22)20-13-15-21(16-14-20)27(29(36(2)3)17-6-7-18-29)35-28(38)24-11-8-12-25(26(24)31)30(32,33)34/h4-5,8-16,27H,6-7,17-18H2,1-3H3,(H,35,38)/t27-/m1/s1. The van der Waals surface area contributed by atoms with E-state index in [2.05, 4.69) is 10.2 Å². The van der Waals surface area contributed by atoms with E-state index in [0.717, 1.165) is 48.4 Å². The van der Waals surface area contributed by atoms with E-state index in [1.165, 1.54) is 19.1 Å². The van der Waals surface area contributed by atoms with Crippen molar-refractivity contribution in [3.63, 3.8) is 0 Å². The van der Waals surface area contributed by atoms with Crippen LogP contribution in [0.3, 0.4) is 0 Å². The van der Waals surface area contributed by atoms with Gasteiger partial charge in [0, 0.05) is 11.1 Å². The Balaban J connectivity index is 1.75. The summed E-state index contributed by atoms with van der Waals surface area (Å²) in [6.07, 6.45) is -1.10. The van der Waals surface area contributed by atoms with E-state index in [4.69, 9.17) is 11.6 Å². The third-order valence-corrected chi connectivity index (χ3v) is 7.99. The van der Waals surface area contributed by atoms with Crippen molar-refractivity contribution in [2.45, 2.75) is 50.4 Å². The first-order valence-corrected chi connectivity index (χ1v) is 12.9. The fourth-order valence-electron chi connectivity index (χ4n) is 5.54. The number of ketones is 1. The topological polar surface area (TPSA) is 49.4 Å². The van der Waals surface area contributed by atoms with Gasteiger partial charge in [-0.2, -0.15) is 13.2 Å². The highest BCUT2D eigenvalue weighted by atomic mass is 35.5. The van der Waals surface area contributed by atoms with E-state index < -0.39 is 34.3 Å². The highest BCUT2D eigenvalue weighted by Crippen LogP contribution is 2.44. The molecule has 4 rings (SSSR count). The summed E-state index contributed by atoms with van der Waals surface area (Å²) >= 11 is 6.08. The minimum atomic E-state index is -4.67. The van der Waals surface area contributed by atoms with Crippen molar-refractivity contribution in [3.05, 3.63) is 94.0 Å². The molecule has 200 valence electrons. The molecule has 0 heterocycles. The number of nitrogens with one attached hydrogen (secondary N) is 1. The Morgan fingerprint density at radius 1 is 0.921 bits per heavy atom. The molecule has 8 heteroatoms. The SMILES string of the molecule is CC(=O)c1ccccc1-c1ccc([C@@H](NC(=O)c2cccc(C(F)(F)F)c2Cl)C2(N(C)C)CCCC2)cc1. The van der Waals surface area contributed by atoms with Gasteiger partial charge in [0.15, 0.2) is 5.78 Å². The maximum Gasteiger partial charge on any atom is 0.417 e. The van der Waals surface area contributed by atoms with Gasteiger partial charge in [0.05, 0.1) is 22.2 Å². The van der Waals surface area contributed by atoms with Crippen molar-refractivity contribution < 1.29 is 22.8 Å². The quantitative estimate of drug-likeness (QED) is 0.313. The fraction of sp³-hybridized carbons (Fsp3) is 0.333. The Morgan fingerprint density at radius 2 is 1.53 bits per heavy atom. The van der Waals surface area contributed by atoms with Gasteiger partial charge >= 0.3 is 6.18 Å². The van der Waals surface area contributed by atoms with Crippen LogP contribution in [0.15, 0.2) is 66.7 Å². The van der Waals surface area contributed by atoms with Gasteiger partial charge < -0.3 is 10.2 Å². The predicted molar refractivity (Wildman–Crippen MR) is 143 cm³/mol. The van der Waals surface area contributed by atoms with Crippen molar-refractivity contribution in [1.82, 2.24) is 10.2 Å². The molecule has 1 aliphatic carbocycles. The molecule has 38 heavy (non-hydrogen) atoms. The van der Waals surface area contributed by atoms with Gasteiger partial charge in [-0.25, -0.2) is 0 Å². The molecule has 1 amide bonds.